The summed E-state index contributed by atoms with van der Waals surface area (Å²) < 4.78 is 0. The van der Waals surface area contributed by atoms with Crippen molar-refractivity contribution in [2.75, 3.05) is 39.8 Å². The zero-order valence-corrected chi connectivity index (χ0v) is 12.5. The van der Waals surface area contributed by atoms with Crippen LogP contribution in [0.2, 0.25) is 0 Å². The van der Waals surface area contributed by atoms with Crippen LogP contribution >= 0.6 is 0 Å². The van der Waals surface area contributed by atoms with Crippen LogP contribution in [0.3, 0.4) is 0 Å². The number of rotatable bonds is 6. The molecule has 0 amide bonds. The number of nitrogens with zero attached hydrogens (tertiary/aromatic N) is 2. The van der Waals surface area contributed by atoms with Crippen molar-refractivity contribution in [3.05, 3.63) is 0 Å². The van der Waals surface area contributed by atoms with E-state index in [4.69, 9.17) is 0 Å². The number of likely N-dealkylation sites (tertiary alicyclic amines) is 1. The predicted molar refractivity (Wildman–Crippen MR) is 78.0 cm³/mol. The van der Waals surface area contributed by atoms with Crippen LogP contribution in [0.25, 0.3) is 0 Å². The van der Waals surface area contributed by atoms with Gasteiger partial charge in [0.2, 0.25) is 0 Å². The molecule has 0 bridgehead atoms. The Hall–Kier alpha value is -0.120. The van der Waals surface area contributed by atoms with Gasteiger partial charge in [0, 0.05) is 24.7 Å². The van der Waals surface area contributed by atoms with Gasteiger partial charge in [0.15, 0.2) is 0 Å². The molecule has 0 spiro atoms. The molecule has 18 heavy (non-hydrogen) atoms. The molecule has 1 N–H and O–H groups in total. The molecule has 0 aromatic rings. The molecule has 3 nitrogen and oxygen atoms in total. The highest BCUT2D eigenvalue weighted by Gasteiger charge is 2.33. The fraction of sp³-hybridized carbons (Fsp3) is 1.00. The van der Waals surface area contributed by atoms with Crippen molar-refractivity contribution in [3.8, 4) is 0 Å². The average molecular weight is 253 g/mol. The van der Waals surface area contributed by atoms with E-state index in [1.165, 1.54) is 64.8 Å². The average Bonchev–Trinajstić information content (AvgIpc) is 2.98. The monoisotopic (exact) mass is 253 g/mol. The third kappa shape index (κ3) is 3.25. The molecule has 0 radical (unpaired) electrons. The van der Waals surface area contributed by atoms with Crippen molar-refractivity contribution >= 4 is 0 Å². The summed E-state index contributed by atoms with van der Waals surface area (Å²) in [7, 11) is 2.31. The first-order chi connectivity index (χ1) is 8.69. The summed E-state index contributed by atoms with van der Waals surface area (Å²) in [5, 5.41) is 3.75. The zero-order valence-electron chi connectivity index (χ0n) is 12.5. The van der Waals surface area contributed by atoms with E-state index < -0.39 is 0 Å². The number of hydrogen-bond acceptors (Lipinski definition) is 3. The quantitative estimate of drug-likeness (QED) is 0.780. The van der Waals surface area contributed by atoms with Crippen molar-refractivity contribution in [2.24, 2.45) is 0 Å². The van der Waals surface area contributed by atoms with Crippen LogP contribution < -0.4 is 5.32 Å². The number of hydrogen-bond donors (Lipinski definition) is 1. The Morgan fingerprint density at radius 1 is 1.33 bits per heavy atom. The van der Waals surface area contributed by atoms with Gasteiger partial charge in [-0.3, -0.25) is 4.90 Å². The van der Waals surface area contributed by atoms with Gasteiger partial charge in [-0.15, -0.1) is 0 Å². The summed E-state index contributed by atoms with van der Waals surface area (Å²) >= 11 is 0. The van der Waals surface area contributed by atoms with Gasteiger partial charge in [-0.25, -0.2) is 0 Å². The molecule has 0 aliphatic carbocycles. The molecule has 2 rings (SSSR count). The number of nitrogens with one attached hydrogen (secondary N) is 1. The summed E-state index contributed by atoms with van der Waals surface area (Å²) in [6.07, 6.45) is 6.76. The normalized spacial score (nSPS) is 33.7. The second-order valence-corrected chi connectivity index (χ2v) is 6.29. The SMILES string of the molecule is CCN1CCCC1CN(C)CC1(CC)CCCN1. The Kier molecular flexibility index (Phi) is 5.05. The topological polar surface area (TPSA) is 18.5 Å². The molecule has 0 aromatic heterocycles. The summed E-state index contributed by atoms with van der Waals surface area (Å²) in [5.41, 5.74) is 0.407. The molecule has 2 heterocycles. The second-order valence-electron chi connectivity index (χ2n) is 6.29. The van der Waals surface area contributed by atoms with E-state index in [9.17, 15) is 0 Å². The minimum atomic E-state index is 0.407. The lowest BCUT2D eigenvalue weighted by molar-refractivity contribution is 0.162. The molecule has 3 heteroatoms. The maximum Gasteiger partial charge on any atom is 0.0306 e. The van der Waals surface area contributed by atoms with Crippen LogP contribution in [-0.4, -0.2) is 61.2 Å². The Morgan fingerprint density at radius 3 is 2.78 bits per heavy atom. The largest absolute Gasteiger partial charge is 0.310 e. The van der Waals surface area contributed by atoms with Gasteiger partial charge in [-0.05, 0) is 58.8 Å². The van der Waals surface area contributed by atoms with Gasteiger partial charge in [0.05, 0.1) is 0 Å². The smallest absolute Gasteiger partial charge is 0.0306 e. The molecule has 106 valence electrons. The molecule has 0 aromatic carbocycles. The zero-order chi connectivity index (χ0) is 13.0. The maximum absolute atomic E-state index is 3.75. The van der Waals surface area contributed by atoms with Gasteiger partial charge < -0.3 is 10.2 Å². The minimum Gasteiger partial charge on any atom is -0.310 e. The predicted octanol–water partition coefficient (Wildman–Crippen LogP) is 1.93. The molecule has 2 saturated heterocycles. The highest BCUT2D eigenvalue weighted by molar-refractivity contribution is 4.94. The first-order valence-electron chi connectivity index (χ1n) is 7.87. The van der Waals surface area contributed by atoms with Crippen LogP contribution in [-0.2, 0) is 0 Å². The first kappa shape index (κ1) is 14.3. The lowest BCUT2D eigenvalue weighted by Gasteiger charge is -2.35. The summed E-state index contributed by atoms with van der Waals surface area (Å²) in [4.78, 5) is 5.22. The summed E-state index contributed by atoms with van der Waals surface area (Å²) in [5.74, 6) is 0. The van der Waals surface area contributed by atoms with E-state index in [0.29, 0.717) is 5.54 Å². The molecular weight excluding hydrogens is 222 g/mol. The molecule has 2 unspecified atom stereocenters. The van der Waals surface area contributed by atoms with Crippen molar-refractivity contribution in [2.45, 2.75) is 57.5 Å². The van der Waals surface area contributed by atoms with E-state index in [-0.39, 0.29) is 0 Å². The lowest BCUT2D eigenvalue weighted by atomic mass is 9.93. The third-order valence-corrected chi connectivity index (χ3v) is 5.01. The first-order valence-corrected chi connectivity index (χ1v) is 7.87. The van der Waals surface area contributed by atoms with Crippen LogP contribution in [0.1, 0.15) is 46.0 Å². The van der Waals surface area contributed by atoms with Crippen molar-refractivity contribution in [1.29, 1.82) is 0 Å². The van der Waals surface area contributed by atoms with E-state index in [0.717, 1.165) is 6.04 Å². The molecule has 2 atom stereocenters. The molecular formula is C15H31N3. The molecule has 2 aliphatic rings. The van der Waals surface area contributed by atoms with Gasteiger partial charge in [-0.1, -0.05) is 13.8 Å². The molecule has 2 fully saturated rings. The lowest BCUT2D eigenvalue weighted by Crippen LogP contribution is -2.50. The highest BCUT2D eigenvalue weighted by Crippen LogP contribution is 2.25. The van der Waals surface area contributed by atoms with Crippen LogP contribution in [0.15, 0.2) is 0 Å². The van der Waals surface area contributed by atoms with Gasteiger partial charge in [0.25, 0.3) is 0 Å². The Balaban J connectivity index is 1.82. The minimum absolute atomic E-state index is 0.407. The molecule has 0 saturated carbocycles. The standard InChI is InChI=1S/C15H31N3/c1-4-15(9-7-10-16-15)13-17(3)12-14-8-6-11-18(14)5-2/h14,16H,4-13H2,1-3H3. The Morgan fingerprint density at radius 2 is 2.17 bits per heavy atom. The van der Waals surface area contributed by atoms with Gasteiger partial charge >= 0.3 is 0 Å². The highest BCUT2D eigenvalue weighted by atomic mass is 15.2. The Labute approximate surface area is 113 Å². The van der Waals surface area contributed by atoms with Crippen LogP contribution in [0, 0.1) is 0 Å². The fourth-order valence-corrected chi connectivity index (χ4v) is 3.88. The fourth-order valence-electron chi connectivity index (χ4n) is 3.88. The second kappa shape index (κ2) is 6.36. The van der Waals surface area contributed by atoms with Crippen molar-refractivity contribution in [3.63, 3.8) is 0 Å². The van der Waals surface area contributed by atoms with E-state index in [2.05, 4.69) is 36.0 Å². The summed E-state index contributed by atoms with van der Waals surface area (Å²) in [6.45, 7) is 10.8. The van der Waals surface area contributed by atoms with Gasteiger partial charge in [0.1, 0.15) is 0 Å². The maximum atomic E-state index is 3.75. The van der Waals surface area contributed by atoms with Gasteiger partial charge in [-0.2, -0.15) is 0 Å². The van der Waals surface area contributed by atoms with Crippen LogP contribution in [0.4, 0.5) is 0 Å². The van der Waals surface area contributed by atoms with Crippen LogP contribution in [0.5, 0.6) is 0 Å². The molecule has 2 aliphatic heterocycles. The Bertz CT molecular complexity index is 248. The van der Waals surface area contributed by atoms with E-state index in [1.54, 1.807) is 0 Å². The van der Waals surface area contributed by atoms with E-state index in [1.807, 2.05) is 0 Å². The third-order valence-electron chi connectivity index (χ3n) is 5.01. The number of likely N-dealkylation sites (N-methyl/N-ethyl adjacent to an activating group) is 2. The van der Waals surface area contributed by atoms with Crippen molar-refractivity contribution < 1.29 is 0 Å². The van der Waals surface area contributed by atoms with Crippen molar-refractivity contribution in [1.82, 2.24) is 15.1 Å². The van der Waals surface area contributed by atoms with E-state index >= 15 is 0 Å². The summed E-state index contributed by atoms with van der Waals surface area (Å²) in [6, 6.07) is 0.801.